The van der Waals surface area contributed by atoms with Crippen LogP contribution >= 0.6 is 0 Å². The Morgan fingerprint density at radius 2 is 1.32 bits per heavy atom. The predicted octanol–water partition coefficient (Wildman–Crippen LogP) is 3.03. The third kappa shape index (κ3) is 1.40. The van der Waals surface area contributed by atoms with Crippen molar-refractivity contribution in [3.63, 3.8) is 0 Å². The molecule has 0 bridgehead atoms. The summed E-state index contributed by atoms with van der Waals surface area (Å²) in [7, 11) is 0. The molecule has 90 valence electrons. The average Bonchev–Trinajstić information content (AvgIpc) is 2.47. The van der Waals surface area contributed by atoms with Gasteiger partial charge in [-0.05, 0) is 31.2 Å². The van der Waals surface area contributed by atoms with Gasteiger partial charge in [0.15, 0.2) is 0 Å². The molecule has 4 nitrogen and oxygen atoms in total. The van der Waals surface area contributed by atoms with E-state index in [4.69, 9.17) is 0 Å². The Bertz CT molecular complexity index is 896. The summed E-state index contributed by atoms with van der Waals surface area (Å²) in [6.45, 7) is 1.95. The van der Waals surface area contributed by atoms with E-state index < -0.39 is 0 Å². The average molecular weight is 246 g/mol. The van der Waals surface area contributed by atoms with Crippen molar-refractivity contribution in [1.82, 2.24) is 19.9 Å². The Kier molecular flexibility index (Phi) is 2.00. The fourth-order valence-corrected chi connectivity index (χ4v) is 2.43. The maximum absolute atomic E-state index is 4.62. The van der Waals surface area contributed by atoms with Gasteiger partial charge >= 0.3 is 0 Å². The minimum Gasteiger partial charge on any atom is -0.254 e. The van der Waals surface area contributed by atoms with Crippen molar-refractivity contribution in [2.45, 2.75) is 6.92 Å². The summed E-state index contributed by atoms with van der Waals surface area (Å²) in [5, 5.41) is 2.00. The second kappa shape index (κ2) is 3.68. The molecule has 0 aliphatic rings. The van der Waals surface area contributed by atoms with Crippen LogP contribution in [0, 0.1) is 6.92 Å². The molecule has 0 aliphatic heterocycles. The zero-order valence-electron chi connectivity index (χ0n) is 10.3. The van der Waals surface area contributed by atoms with Crippen LogP contribution in [0.3, 0.4) is 0 Å². The van der Waals surface area contributed by atoms with Gasteiger partial charge in [-0.1, -0.05) is 0 Å². The molecule has 1 aromatic carbocycles. The van der Waals surface area contributed by atoms with Gasteiger partial charge in [0.1, 0.15) is 0 Å². The number of benzene rings is 1. The van der Waals surface area contributed by atoms with Crippen molar-refractivity contribution in [3.05, 3.63) is 48.5 Å². The monoisotopic (exact) mass is 246 g/mol. The molecule has 0 amide bonds. The third-order valence-electron chi connectivity index (χ3n) is 3.24. The first-order chi connectivity index (χ1) is 9.34. The Hall–Kier alpha value is -2.62. The fraction of sp³-hybridized carbons (Fsp3) is 0.0667. The topological polar surface area (TPSA) is 51.6 Å². The van der Waals surface area contributed by atoms with Gasteiger partial charge in [-0.2, -0.15) is 0 Å². The number of pyridine rings is 2. The zero-order chi connectivity index (χ0) is 12.8. The Morgan fingerprint density at radius 1 is 0.737 bits per heavy atom. The molecular weight excluding hydrogens is 236 g/mol. The summed E-state index contributed by atoms with van der Waals surface area (Å²) in [6.07, 6.45) is 5.35. The van der Waals surface area contributed by atoms with E-state index in [1.165, 1.54) is 0 Å². The Balaban J connectivity index is 2.43. The number of hydrogen-bond acceptors (Lipinski definition) is 4. The van der Waals surface area contributed by atoms with E-state index in [0.29, 0.717) is 0 Å². The lowest BCUT2D eigenvalue weighted by atomic mass is 10.1. The van der Waals surface area contributed by atoms with Crippen molar-refractivity contribution < 1.29 is 0 Å². The first-order valence-corrected chi connectivity index (χ1v) is 6.09. The molecule has 4 aromatic rings. The molecule has 3 aromatic heterocycles. The van der Waals surface area contributed by atoms with Gasteiger partial charge in [0.2, 0.25) is 0 Å². The van der Waals surface area contributed by atoms with Gasteiger partial charge in [-0.3, -0.25) is 15.0 Å². The van der Waals surface area contributed by atoms with Crippen molar-refractivity contribution in [3.8, 4) is 0 Å². The number of nitrogens with zero attached hydrogens (tertiary/aromatic N) is 4. The summed E-state index contributed by atoms with van der Waals surface area (Å²) in [5.74, 6) is 0. The summed E-state index contributed by atoms with van der Waals surface area (Å²) < 4.78 is 0. The molecule has 0 N–H and O–H groups in total. The SMILES string of the molecule is Cc1cnc2c3cccnc3c3ncccc3c2n1. The van der Waals surface area contributed by atoms with Crippen LogP contribution in [0.1, 0.15) is 5.69 Å². The van der Waals surface area contributed by atoms with Crippen molar-refractivity contribution in [1.29, 1.82) is 0 Å². The number of hydrogen-bond donors (Lipinski definition) is 0. The lowest BCUT2D eigenvalue weighted by Crippen LogP contribution is -1.93. The highest BCUT2D eigenvalue weighted by atomic mass is 14.8. The molecule has 0 aliphatic carbocycles. The Morgan fingerprint density at radius 3 is 2.00 bits per heavy atom. The van der Waals surface area contributed by atoms with E-state index in [9.17, 15) is 0 Å². The van der Waals surface area contributed by atoms with E-state index in [1.807, 2.05) is 31.2 Å². The number of rotatable bonds is 0. The maximum Gasteiger partial charge on any atom is 0.0991 e. The van der Waals surface area contributed by atoms with Crippen LogP contribution in [0.25, 0.3) is 32.8 Å². The minimum absolute atomic E-state index is 0.878. The molecule has 0 saturated carbocycles. The summed E-state index contributed by atoms with van der Waals surface area (Å²) in [5.41, 5.74) is 4.44. The highest BCUT2D eigenvalue weighted by Gasteiger charge is 2.11. The van der Waals surface area contributed by atoms with Crippen molar-refractivity contribution in [2.24, 2.45) is 0 Å². The van der Waals surface area contributed by atoms with E-state index >= 15 is 0 Å². The number of fused-ring (bicyclic) bond motifs is 6. The van der Waals surface area contributed by atoms with Gasteiger partial charge in [-0.15, -0.1) is 0 Å². The molecule has 0 saturated heterocycles. The maximum atomic E-state index is 4.62. The minimum atomic E-state index is 0.878. The van der Waals surface area contributed by atoms with Crippen LogP contribution in [0.2, 0.25) is 0 Å². The van der Waals surface area contributed by atoms with E-state index in [0.717, 1.165) is 38.5 Å². The molecular formula is C15H10N4. The first-order valence-electron chi connectivity index (χ1n) is 6.09. The van der Waals surface area contributed by atoms with Crippen molar-refractivity contribution >= 4 is 32.8 Å². The molecule has 4 heteroatoms. The molecule has 0 unspecified atom stereocenters. The molecule has 4 rings (SSSR count). The summed E-state index contributed by atoms with van der Waals surface area (Å²) >= 11 is 0. The smallest absolute Gasteiger partial charge is 0.0991 e. The molecule has 0 radical (unpaired) electrons. The van der Waals surface area contributed by atoms with E-state index in [1.54, 1.807) is 18.6 Å². The van der Waals surface area contributed by atoms with Crippen LogP contribution in [-0.4, -0.2) is 19.9 Å². The molecule has 19 heavy (non-hydrogen) atoms. The molecule has 3 heterocycles. The molecule has 0 spiro atoms. The van der Waals surface area contributed by atoms with Gasteiger partial charge < -0.3 is 0 Å². The van der Waals surface area contributed by atoms with Gasteiger partial charge in [0.05, 0.1) is 27.8 Å². The first kappa shape index (κ1) is 10.3. The van der Waals surface area contributed by atoms with Gasteiger partial charge in [0, 0.05) is 29.4 Å². The standard InChI is InChI=1S/C15H10N4/c1-9-8-18-14-10-4-2-6-16-12(10)13-11(15(14)19-9)5-3-7-17-13/h2-8H,1H3. The second-order valence-electron chi connectivity index (χ2n) is 4.51. The number of aryl methyl sites for hydroxylation is 1. The van der Waals surface area contributed by atoms with Crippen LogP contribution in [0.15, 0.2) is 42.9 Å². The summed E-state index contributed by atoms with van der Waals surface area (Å²) in [6, 6.07) is 7.87. The van der Waals surface area contributed by atoms with E-state index in [-0.39, 0.29) is 0 Å². The fourth-order valence-electron chi connectivity index (χ4n) is 2.43. The highest BCUT2D eigenvalue weighted by Crippen LogP contribution is 2.29. The third-order valence-corrected chi connectivity index (χ3v) is 3.24. The lowest BCUT2D eigenvalue weighted by Gasteiger charge is -2.07. The van der Waals surface area contributed by atoms with Crippen molar-refractivity contribution in [2.75, 3.05) is 0 Å². The zero-order valence-corrected chi connectivity index (χ0v) is 10.3. The second-order valence-corrected chi connectivity index (χ2v) is 4.51. The van der Waals surface area contributed by atoms with Crippen LogP contribution in [-0.2, 0) is 0 Å². The highest BCUT2D eigenvalue weighted by molar-refractivity contribution is 6.20. The van der Waals surface area contributed by atoms with Crippen LogP contribution in [0.5, 0.6) is 0 Å². The quantitative estimate of drug-likeness (QED) is 0.447. The normalized spacial score (nSPS) is 11.4. The number of aromatic nitrogens is 4. The predicted molar refractivity (Wildman–Crippen MR) is 74.9 cm³/mol. The molecule has 0 fully saturated rings. The largest absolute Gasteiger partial charge is 0.254 e. The van der Waals surface area contributed by atoms with Gasteiger partial charge in [-0.25, -0.2) is 4.98 Å². The lowest BCUT2D eigenvalue weighted by molar-refractivity contribution is 1.19. The van der Waals surface area contributed by atoms with Crippen LogP contribution in [0.4, 0.5) is 0 Å². The molecule has 0 atom stereocenters. The Labute approximate surface area is 109 Å². The summed E-state index contributed by atoms with van der Waals surface area (Å²) in [4.78, 5) is 18.1. The van der Waals surface area contributed by atoms with Crippen LogP contribution < -0.4 is 0 Å². The van der Waals surface area contributed by atoms with E-state index in [2.05, 4.69) is 19.9 Å². The van der Waals surface area contributed by atoms with Gasteiger partial charge in [0.25, 0.3) is 0 Å².